The van der Waals surface area contributed by atoms with Gasteiger partial charge in [-0.15, -0.1) is 0 Å². The predicted octanol–water partition coefficient (Wildman–Crippen LogP) is 3.94. The molecule has 1 heterocycles. The Hall–Kier alpha value is -2.56. The molecular weight excluding hydrogens is 316 g/mol. The number of amides is 1. The van der Waals surface area contributed by atoms with Gasteiger partial charge in [0.25, 0.3) is 5.91 Å². The lowest BCUT2D eigenvalue weighted by atomic mass is 9.96. The van der Waals surface area contributed by atoms with Crippen LogP contribution in [0, 0.1) is 19.8 Å². The average molecular weight is 342 g/mol. The van der Waals surface area contributed by atoms with Crippen molar-refractivity contribution in [1.82, 2.24) is 10.3 Å². The largest absolute Gasteiger partial charge is 0.462 e. The van der Waals surface area contributed by atoms with E-state index in [4.69, 9.17) is 4.74 Å². The monoisotopic (exact) mass is 342 g/mol. The van der Waals surface area contributed by atoms with Crippen molar-refractivity contribution in [3.05, 3.63) is 58.4 Å². The maximum absolute atomic E-state index is 12.8. The lowest BCUT2D eigenvalue weighted by Gasteiger charge is -2.23. The minimum atomic E-state index is -0.406. The summed E-state index contributed by atoms with van der Waals surface area (Å²) in [6.45, 7) is 9.72. The molecule has 0 radical (unpaired) electrons. The van der Waals surface area contributed by atoms with E-state index < -0.39 is 5.97 Å². The second kappa shape index (κ2) is 8.01. The Morgan fingerprint density at radius 3 is 2.36 bits per heavy atom. The molecule has 0 aliphatic rings. The standard InChI is InChI=1S/C20H26N2O3/c1-6-25-20(24)16-13(4)18(21-14(16)5)19(23)22-17(12(2)3)15-10-8-7-9-11-15/h7-12,17,21H,6H2,1-5H3,(H,22,23). The van der Waals surface area contributed by atoms with Gasteiger partial charge in [0, 0.05) is 5.69 Å². The van der Waals surface area contributed by atoms with Gasteiger partial charge >= 0.3 is 5.97 Å². The highest BCUT2D eigenvalue weighted by atomic mass is 16.5. The summed E-state index contributed by atoms with van der Waals surface area (Å²) in [5, 5.41) is 3.08. The van der Waals surface area contributed by atoms with Crippen molar-refractivity contribution in [3.8, 4) is 0 Å². The Bertz CT molecular complexity index is 748. The molecule has 1 aromatic heterocycles. The van der Waals surface area contributed by atoms with Gasteiger partial charge in [-0.3, -0.25) is 4.79 Å². The van der Waals surface area contributed by atoms with Crippen molar-refractivity contribution >= 4 is 11.9 Å². The molecule has 134 valence electrons. The van der Waals surface area contributed by atoms with Crippen LogP contribution in [0.3, 0.4) is 0 Å². The molecule has 0 fully saturated rings. The first-order valence-corrected chi connectivity index (χ1v) is 8.58. The highest BCUT2D eigenvalue weighted by Gasteiger charge is 2.25. The third-order valence-corrected chi connectivity index (χ3v) is 4.26. The fourth-order valence-electron chi connectivity index (χ4n) is 3.00. The van der Waals surface area contributed by atoms with Crippen LogP contribution >= 0.6 is 0 Å². The van der Waals surface area contributed by atoms with Crippen molar-refractivity contribution in [2.24, 2.45) is 5.92 Å². The number of ether oxygens (including phenoxy) is 1. The summed E-state index contributed by atoms with van der Waals surface area (Å²) in [4.78, 5) is 27.9. The van der Waals surface area contributed by atoms with Gasteiger partial charge in [0.15, 0.2) is 0 Å². The first-order valence-electron chi connectivity index (χ1n) is 8.58. The summed E-state index contributed by atoms with van der Waals surface area (Å²) in [5.41, 5.74) is 3.15. The van der Waals surface area contributed by atoms with Crippen LogP contribution in [0.2, 0.25) is 0 Å². The maximum atomic E-state index is 12.8. The van der Waals surface area contributed by atoms with Gasteiger partial charge in [0.1, 0.15) is 5.69 Å². The molecule has 25 heavy (non-hydrogen) atoms. The molecule has 1 atom stereocenters. The minimum Gasteiger partial charge on any atom is -0.462 e. The van der Waals surface area contributed by atoms with E-state index in [1.165, 1.54) is 0 Å². The molecule has 0 saturated carbocycles. The quantitative estimate of drug-likeness (QED) is 0.781. The SMILES string of the molecule is CCOC(=O)c1c(C)[nH]c(C(=O)NC(c2ccccc2)C(C)C)c1C. The number of H-pyrrole nitrogens is 1. The summed E-state index contributed by atoms with van der Waals surface area (Å²) < 4.78 is 5.08. The molecule has 0 bridgehead atoms. The third kappa shape index (κ3) is 4.10. The Balaban J connectivity index is 2.28. The molecule has 0 saturated heterocycles. The molecule has 0 aliphatic heterocycles. The van der Waals surface area contributed by atoms with Crippen LogP contribution in [0.1, 0.15) is 64.5 Å². The molecule has 2 rings (SSSR count). The number of hydrogen-bond donors (Lipinski definition) is 2. The van der Waals surface area contributed by atoms with Crippen LogP contribution < -0.4 is 5.32 Å². The lowest BCUT2D eigenvalue weighted by Crippen LogP contribution is -2.32. The summed E-state index contributed by atoms with van der Waals surface area (Å²) >= 11 is 0. The van der Waals surface area contributed by atoms with Crippen LogP contribution in [-0.2, 0) is 4.74 Å². The van der Waals surface area contributed by atoms with Crippen molar-refractivity contribution in [2.45, 2.75) is 40.7 Å². The predicted molar refractivity (Wildman–Crippen MR) is 97.7 cm³/mol. The molecule has 0 spiro atoms. The van der Waals surface area contributed by atoms with Gasteiger partial charge in [-0.1, -0.05) is 44.2 Å². The number of carbonyl (C=O) groups is 2. The summed E-state index contributed by atoms with van der Waals surface area (Å²) in [6, 6.07) is 9.76. The third-order valence-electron chi connectivity index (χ3n) is 4.26. The van der Waals surface area contributed by atoms with Gasteiger partial charge in [-0.05, 0) is 37.8 Å². The normalized spacial score (nSPS) is 12.1. The van der Waals surface area contributed by atoms with E-state index in [-0.39, 0.29) is 17.9 Å². The second-order valence-electron chi connectivity index (χ2n) is 6.45. The number of esters is 1. The topological polar surface area (TPSA) is 71.2 Å². The zero-order chi connectivity index (χ0) is 18.6. The molecule has 5 heteroatoms. The summed E-state index contributed by atoms with van der Waals surface area (Å²) in [5.74, 6) is -0.401. The van der Waals surface area contributed by atoms with E-state index in [0.717, 1.165) is 5.56 Å². The molecule has 1 amide bonds. The molecule has 2 aromatic rings. The molecule has 2 N–H and O–H groups in total. The summed E-state index contributed by atoms with van der Waals surface area (Å²) in [6.07, 6.45) is 0. The first kappa shape index (κ1) is 18.8. The van der Waals surface area contributed by atoms with Crippen molar-refractivity contribution in [2.75, 3.05) is 6.61 Å². The number of rotatable bonds is 6. The van der Waals surface area contributed by atoms with E-state index in [0.29, 0.717) is 29.1 Å². The number of nitrogens with one attached hydrogen (secondary N) is 2. The Kier molecular flexibility index (Phi) is 6.02. The fraction of sp³-hybridized carbons (Fsp3) is 0.400. The first-order chi connectivity index (χ1) is 11.9. The van der Waals surface area contributed by atoms with Crippen LogP contribution in [0.15, 0.2) is 30.3 Å². The van der Waals surface area contributed by atoms with Crippen molar-refractivity contribution < 1.29 is 14.3 Å². The van der Waals surface area contributed by atoms with Gasteiger partial charge in [-0.2, -0.15) is 0 Å². The maximum Gasteiger partial charge on any atom is 0.340 e. The van der Waals surface area contributed by atoms with E-state index in [2.05, 4.69) is 24.1 Å². The molecule has 5 nitrogen and oxygen atoms in total. The smallest absolute Gasteiger partial charge is 0.340 e. The summed E-state index contributed by atoms with van der Waals surface area (Å²) in [7, 11) is 0. The lowest BCUT2D eigenvalue weighted by molar-refractivity contribution is 0.0525. The fourth-order valence-corrected chi connectivity index (χ4v) is 3.00. The number of carbonyl (C=O) groups excluding carboxylic acids is 2. The average Bonchev–Trinajstić information content (AvgIpc) is 2.88. The Labute approximate surface area is 148 Å². The van der Waals surface area contributed by atoms with E-state index in [1.807, 2.05) is 30.3 Å². The zero-order valence-corrected chi connectivity index (χ0v) is 15.5. The van der Waals surface area contributed by atoms with Crippen molar-refractivity contribution in [3.63, 3.8) is 0 Å². The zero-order valence-electron chi connectivity index (χ0n) is 15.5. The van der Waals surface area contributed by atoms with E-state index in [9.17, 15) is 9.59 Å². The highest BCUT2D eigenvalue weighted by Crippen LogP contribution is 2.24. The Morgan fingerprint density at radius 2 is 1.80 bits per heavy atom. The van der Waals surface area contributed by atoms with Crippen LogP contribution in [0.4, 0.5) is 0 Å². The molecular formula is C20H26N2O3. The van der Waals surface area contributed by atoms with Crippen LogP contribution in [0.5, 0.6) is 0 Å². The molecule has 1 aromatic carbocycles. The van der Waals surface area contributed by atoms with Crippen molar-refractivity contribution in [1.29, 1.82) is 0 Å². The minimum absolute atomic E-state index is 0.109. The van der Waals surface area contributed by atoms with E-state index >= 15 is 0 Å². The van der Waals surface area contributed by atoms with Crippen LogP contribution in [0.25, 0.3) is 0 Å². The number of hydrogen-bond acceptors (Lipinski definition) is 3. The number of aromatic nitrogens is 1. The van der Waals surface area contributed by atoms with Gasteiger partial charge in [0.05, 0.1) is 18.2 Å². The number of aromatic amines is 1. The van der Waals surface area contributed by atoms with Gasteiger partial charge in [0.2, 0.25) is 0 Å². The second-order valence-corrected chi connectivity index (χ2v) is 6.45. The molecule has 1 unspecified atom stereocenters. The van der Waals surface area contributed by atoms with Gasteiger partial charge in [-0.25, -0.2) is 4.79 Å². The molecule has 0 aliphatic carbocycles. The van der Waals surface area contributed by atoms with E-state index in [1.54, 1.807) is 20.8 Å². The highest BCUT2D eigenvalue weighted by molar-refractivity contribution is 6.00. The number of aryl methyl sites for hydroxylation is 1. The Morgan fingerprint density at radius 1 is 1.16 bits per heavy atom. The van der Waals surface area contributed by atoms with Crippen LogP contribution in [-0.4, -0.2) is 23.5 Å². The van der Waals surface area contributed by atoms with Gasteiger partial charge < -0.3 is 15.0 Å². The number of benzene rings is 1.